The summed E-state index contributed by atoms with van der Waals surface area (Å²) in [6.45, 7) is 1.31. The van der Waals surface area contributed by atoms with Crippen molar-refractivity contribution < 1.29 is 8.60 Å². The normalized spacial score (nSPS) is 5.80. The standard InChI is InChI=1S/C2H3O.Al.O/c1-2-3;;/h1H3;;. The van der Waals surface area contributed by atoms with Crippen molar-refractivity contribution in [2.45, 2.75) is 6.92 Å². The summed E-state index contributed by atoms with van der Waals surface area (Å²) >= 11 is -1.16. The van der Waals surface area contributed by atoms with Crippen LogP contribution in [0.2, 0.25) is 0 Å². The minimum absolute atomic E-state index is 0.218. The summed E-state index contributed by atoms with van der Waals surface area (Å²) in [4.78, 5) is 9.54. The van der Waals surface area contributed by atoms with E-state index in [1.54, 1.807) is 0 Å². The monoisotopic (exact) mass is 86.0 g/mol. The molecule has 0 heterocycles. The van der Waals surface area contributed by atoms with Crippen LogP contribution in [0.25, 0.3) is 0 Å². The first-order chi connectivity index (χ1) is 2.27. The summed E-state index contributed by atoms with van der Waals surface area (Å²) in [7, 11) is 0. The van der Waals surface area contributed by atoms with Crippen LogP contribution in [0.4, 0.5) is 0 Å². The van der Waals surface area contributed by atoms with Gasteiger partial charge in [-0.15, -0.1) is 0 Å². The van der Waals surface area contributed by atoms with Gasteiger partial charge in [-0.2, -0.15) is 0 Å². The van der Waals surface area contributed by atoms with Crippen LogP contribution in [-0.4, -0.2) is 19.8 Å². The third-order valence-corrected chi connectivity index (χ3v) is 0.498. The zero-order valence-electron chi connectivity index (χ0n) is 2.89. The Hall–Kier alpha value is 0.00247. The van der Waals surface area contributed by atoms with Crippen LogP contribution < -0.4 is 0 Å². The molecule has 0 fully saturated rings. The quantitative estimate of drug-likeness (QED) is 0.406. The van der Waals surface area contributed by atoms with Crippen molar-refractivity contribution in [3.63, 3.8) is 0 Å². The van der Waals surface area contributed by atoms with Gasteiger partial charge in [-0.25, -0.2) is 0 Å². The van der Waals surface area contributed by atoms with Gasteiger partial charge >= 0.3 is 35.3 Å². The Labute approximate surface area is 36.1 Å². The third kappa shape index (κ3) is 4.00. The SMILES string of the molecule is C[C](=O)[Al]=[O]. The number of carbonyl (C=O) groups is 1. The molecule has 0 N–H and O–H groups in total. The molecule has 0 amide bonds. The van der Waals surface area contributed by atoms with Crippen molar-refractivity contribution >= 4 is 19.8 Å². The molecule has 2 nitrogen and oxygen atoms in total. The molecule has 5 heavy (non-hydrogen) atoms. The molecule has 26 valence electrons. The molecule has 0 aromatic heterocycles. The number of hydrogen-bond donors (Lipinski definition) is 0. The molecule has 0 saturated heterocycles. The van der Waals surface area contributed by atoms with Crippen LogP contribution in [-0.2, 0) is 8.60 Å². The molecule has 0 aliphatic heterocycles. The van der Waals surface area contributed by atoms with Gasteiger partial charge in [0.15, 0.2) is 0 Å². The minimum atomic E-state index is -1.16. The van der Waals surface area contributed by atoms with E-state index in [2.05, 4.69) is 0 Å². The Bertz CT molecular complexity index is 58.7. The van der Waals surface area contributed by atoms with Crippen LogP contribution in [0.15, 0.2) is 0 Å². The Balaban J connectivity index is 3.20. The topological polar surface area (TPSA) is 34.1 Å². The molecule has 0 aromatic carbocycles. The fraction of sp³-hybridized carbons (Fsp3) is 0.500. The molecule has 0 aliphatic carbocycles. The zero-order chi connectivity index (χ0) is 4.28. The summed E-state index contributed by atoms with van der Waals surface area (Å²) in [5.74, 6) is 0. The molecule has 0 aromatic rings. The van der Waals surface area contributed by atoms with E-state index in [0.29, 0.717) is 0 Å². The Morgan fingerprint density at radius 2 is 2.00 bits per heavy atom. The van der Waals surface area contributed by atoms with E-state index in [0.717, 1.165) is 0 Å². The fourth-order valence-corrected chi connectivity index (χ4v) is 0. The van der Waals surface area contributed by atoms with E-state index in [-0.39, 0.29) is 4.65 Å². The van der Waals surface area contributed by atoms with Gasteiger partial charge in [-0.05, 0) is 0 Å². The second-order valence-electron chi connectivity index (χ2n) is 0.729. The molecule has 0 bridgehead atoms. The Kier molecular flexibility index (Phi) is 2.25. The van der Waals surface area contributed by atoms with Crippen LogP contribution in [0.3, 0.4) is 0 Å². The number of rotatable bonds is 1. The molecular formula is C2H3AlO2. The van der Waals surface area contributed by atoms with Gasteiger partial charge in [0.25, 0.3) is 0 Å². The van der Waals surface area contributed by atoms with E-state index < -0.39 is 15.2 Å². The average molecular weight is 86.0 g/mol. The van der Waals surface area contributed by atoms with Crippen molar-refractivity contribution in [2.75, 3.05) is 0 Å². The predicted molar refractivity (Wildman–Crippen MR) is 17.1 cm³/mol. The summed E-state index contributed by atoms with van der Waals surface area (Å²) in [5, 5.41) is 0. The zero-order valence-corrected chi connectivity index (χ0v) is 4.05. The summed E-state index contributed by atoms with van der Waals surface area (Å²) in [5.41, 5.74) is 0. The van der Waals surface area contributed by atoms with E-state index in [1.807, 2.05) is 0 Å². The summed E-state index contributed by atoms with van der Waals surface area (Å²) in [6.07, 6.45) is 0. The van der Waals surface area contributed by atoms with Gasteiger partial charge < -0.3 is 0 Å². The first-order valence-electron chi connectivity index (χ1n) is 1.23. The number of hydrogen-bond acceptors (Lipinski definition) is 2. The predicted octanol–water partition coefficient (Wildman–Crippen LogP) is -0.417. The molecular weight excluding hydrogens is 83.0 g/mol. The number of carbonyl (C=O) groups excluding carboxylic acids is 1. The van der Waals surface area contributed by atoms with Crippen molar-refractivity contribution in [2.24, 2.45) is 0 Å². The maximum atomic E-state index is 9.54. The first kappa shape index (κ1) is 5.00. The molecule has 0 aliphatic rings. The van der Waals surface area contributed by atoms with Crippen molar-refractivity contribution in [1.29, 1.82) is 0 Å². The van der Waals surface area contributed by atoms with Gasteiger partial charge in [0.2, 0.25) is 0 Å². The molecule has 3 heteroatoms. The van der Waals surface area contributed by atoms with Crippen molar-refractivity contribution in [3.05, 3.63) is 0 Å². The van der Waals surface area contributed by atoms with Crippen LogP contribution in [0.1, 0.15) is 6.92 Å². The van der Waals surface area contributed by atoms with Crippen molar-refractivity contribution in [3.8, 4) is 0 Å². The van der Waals surface area contributed by atoms with Crippen LogP contribution >= 0.6 is 0 Å². The second-order valence-corrected chi connectivity index (χ2v) is 1.78. The van der Waals surface area contributed by atoms with E-state index in [1.165, 1.54) is 6.92 Å². The Morgan fingerprint density at radius 3 is 2.00 bits per heavy atom. The first-order valence-corrected chi connectivity index (χ1v) is 2.28. The van der Waals surface area contributed by atoms with Gasteiger partial charge in [0, 0.05) is 0 Å². The van der Waals surface area contributed by atoms with Crippen molar-refractivity contribution in [1.82, 2.24) is 0 Å². The maximum absolute atomic E-state index is 9.54. The van der Waals surface area contributed by atoms with E-state index >= 15 is 0 Å². The molecule has 0 saturated carbocycles. The fourth-order valence-electron chi connectivity index (χ4n) is 0. The van der Waals surface area contributed by atoms with Crippen LogP contribution in [0, 0.1) is 0 Å². The molecule has 0 rings (SSSR count). The Morgan fingerprint density at radius 1 is 1.80 bits per heavy atom. The van der Waals surface area contributed by atoms with Gasteiger partial charge in [0.1, 0.15) is 0 Å². The van der Waals surface area contributed by atoms with E-state index in [4.69, 9.17) is 0 Å². The van der Waals surface area contributed by atoms with E-state index in [9.17, 15) is 8.60 Å². The molecule has 0 spiro atoms. The van der Waals surface area contributed by atoms with Gasteiger partial charge in [-0.1, -0.05) is 0 Å². The molecule has 0 radical (unpaired) electrons. The second kappa shape index (κ2) is 2.25. The summed E-state index contributed by atoms with van der Waals surface area (Å²) < 4.78 is 9.15. The molecule has 0 atom stereocenters. The van der Waals surface area contributed by atoms with Gasteiger partial charge in [0.05, 0.1) is 0 Å². The molecule has 0 unspecified atom stereocenters. The summed E-state index contributed by atoms with van der Waals surface area (Å²) in [6, 6.07) is 0. The third-order valence-electron chi connectivity index (χ3n) is 0.166. The van der Waals surface area contributed by atoms with Crippen LogP contribution in [0.5, 0.6) is 0 Å². The van der Waals surface area contributed by atoms with Gasteiger partial charge in [-0.3, -0.25) is 0 Å². The average Bonchev–Trinajstić information content (AvgIpc) is 1.38.